The van der Waals surface area contributed by atoms with E-state index in [2.05, 4.69) is 4.72 Å². The number of methoxy groups -OCH3 is 2. The summed E-state index contributed by atoms with van der Waals surface area (Å²) in [4.78, 5) is 0.305. The van der Waals surface area contributed by atoms with Crippen LogP contribution in [0, 0.1) is 0 Å². The number of fused-ring (bicyclic) bond motifs is 1. The Morgan fingerprint density at radius 1 is 1.21 bits per heavy atom. The molecule has 0 fully saturated rings. The monoisotopic (exact) mass is 285 g/mol. The van der Waals surface area contributed by atoms with Crippen molar-refractivity contribution in [1.82, 2.24) is 4.72 Å². The zero-order valence-electron chi connectivity index (χ0n) is 11.2. The largest absolute Gasteiger partial charge is 0.355 e. The number of aryl methyl sites for hydroxylation is 2. The van der Waals surface area contributed by atoms with Crippen molar-refractivity contribution in [1.29, 1.82) is 0 Å². The van der Waals surface area contributed by atoms with E-state index in [0.717, 1.165) is 24.8 Å². The first-order valence-corrected chi connectivity index (χ1v) is 7.72. The number of hydrogen-bond donors (Lipinski definition) is 1. The number of nitrogens with one attached hydrogen (secondary N) is 1. The maximum absolute atomic E-state index is 12.1. The van der Waals surface area contributed by atoms with Crippen LogP contribution in [-0.4, -0.2) is 35.5 Å². The highest BCUT2D eigenvalue weighted by Gasteiger charge is 2.19. The van der Waals surface area contributed by atoms with Gasteiger partial charge in [0.25, 0.3) is 0 Å². The van der Waals surface area contributed by atoms with Gasteiger partial charge in [-0.2, -0.15) is 0 Å². The van der Waals surface area contributed by atoms with Crippen LogP contribution in [0.15, 0.2) is 23.1 Å². The molecule has 0 amide bonds. The normalized spacial score (nSPS) is 14.9. The summed E-state index contributed by atoms with van der Waals surface area (Å²) in [6.07, 6.45) is 2.52. The van der Waals surface area contributed by atoms with Crippen LogP contribution in [0.4, 0.5) is 0 Å². The van der Waals surface area contributed by atoms with E-state index in [9.17, 15) is 8.42 Å². The molecule has 0 saturated heterocycles. The van der Waals surface area contributed by atoms with Gasteiger partial charge in [0.2, 0.25) is 10.0 Å². The van der Waals surface area contributed by atoms with Crippen molar-refractivity contribution in [2.75, 3.05) is 20.8 Å². The summed E-state index contributed by atoms with van der Waals surface area (Å²) in [6.45, 7) is 0.0897. The van der Waals surface area contributed by atoms with Crippen molar-refractivity contribution in [3.63, 3.8) is 0 Å². The number of rotatable bonds is 6. The minimum absolute atomic E-state index is 0.0897. The lowest BCUT2D eigenvalue weighted by Crippen LogP contribution is -2.34. The smallest absolute Gasteiger partial charge is 0.240 e. The van der Waals surface area contributed by atoms with Crippen LogP contribution in [0.2, 0.25) is 0 Å². The van der Waals surface area contributed by atoms with Crippen molar-refractivity contribution >= 4 is 10.0 Å². The van der Waals surface area contributed by atoms with Crippen LogP contribution in [0.5, 0.6) is 0 Å². The first-order valence-electron chi connectivity index (χ1n) is 6.24. The van der Waals surface area contributed by atoms with Crippen molar-refractivity contribution in [3.8, 4) is 0 Å². The molecule has 1 aromatic carbocycles. The van der Waals surface area contributed by atoms with Gasteiger partial charge in [0, 0.05) is 14.2 Å². The third kappa shape index (κ3) is 3.33. The maximum atomic E-state index is 12.1. The molecule has 0 aromatic heterocycles. The van der Waals surface area contributed by atoms with Crippen molar-refractivity contribution in [2.24, 2.45) is 0 Å². The van der Waals surface area contributed by atoms with E-state index in [0.29, 0.717) is 4.90 Å². The molecular formula is C13H19NO4S. The van der Waals surface area contributed by atoms with E-state index < -0.39 is 16.3 Å². The lowest BCUT2D eigenvalue weighted by atomic mass is 10.1. The molecule has 1 aromatic rings. The molecule has 0 radical (unpaired) electrons. The van der Waals surface area contributed by atoms with Crippen molar-refractivity contribution in [3.05, 3.63) is 29.3 Å². The molecule has 5 nitrogen and oxygen atoms in total. The van der Waals surface area contributed by atoms with E-state index >= 15 is 0 Å². The van der Waals surface area contributed by atoms with E-state index in [-0.39, 0.29) is 6.54 Å². The molecule has 0 unspecified atom stereocenters. The molecule has 0 heterocycles. The van der Waals surface area contributed by atoms with Crippen molar-refractivity contribution < 1.29 is 17.9 Å². The highest BCUT2D eigenvalue weighted by molar-refractivity contribution is 7.89. The van der Waals surface area contributed by atoms with Crippen LogP contribution < -0.4 is 4.72 Å². The van der Waals surface area contributed by atoms with Crippen LogP contribution in [-0.2, 0) is 32.3 Å². The Labute approximate surface area is 114 Å². The first kappa shape index (κ1) is 14.5. The summed E-state index contributed by atoms with van der Waals surface area (Å²) < 4.78 is 36.7. The molecule has 2 rings (SSSR count). The van der Waals surface area contributed by atoms with Crippen LogP contribution in [0.25, 0.3) is 0 Å². The van der Waals surface area contributed by atoms with Gasteiger partial charge in [-0.1, -0.05) is 6.07 Å². The predicted molar refractivity (Wildman–Crippen MR) is 71.5 cm³/mol. The van der Waals surface area contributed by atoms with Crippen LogP contribution in [0.3, 0.4) is 0 Å². The minimum atomic E-state index is -3.51. The second-order valence-corrected chi connectivity index (χ2v) is 6.30. The molecule has 0 atom stereocenters. The maximum Gasteiger partial charge on any atom is 0.240 e. The summed E-state index contributed by atoms with van der Waals surface area (Å²) in [5.41, 5.74) is 2.39. The second-order valence-electron chi connectivity index (χ2n) is 4.54. The van der Waals surface area contributed by atoms with Gasteiger partial charge >= 0.3 is 0 Å². The highest BCUT2D eigenvalue weighted by atomic mass is 32.2. The Morgan fingerprint density at radius 3 is 2.58 bits per heavy atom. The summed E-state index contributed by atoms with van der Waals surface area (Å²) in [7, 11) is -0.567. The lowest BCUT2D eigenvalue weighted by molar-refractivity contribution is -0.0960. The van der Waals surface area contributed by atoms with Crippen molar-refractivity contribution in [2.45, 2.75) is 30.4 Å². The van der Waals surface area contributed by atoms with Gasteiger partial charge in [-0.05, 0) is 42.5 Å². The topological polar surface area (TPSA) is 64.6 Å². The SMILES string of the molecule is COC(CNS(=O)(=O)c1ccc2c(c1)CCC2)OC. The quantitative estimate of drug-likeness (QED) is 0.794. The first-order chi connectivity index (χ1) is 9.06. The van der Waals surface area contributed by atoms with Gasteiger partial charge in [0.05, 0.1) is 11.4 Å². The summed E-state index contributed by atoms with van der Waals surface area (Å²) in [5, 5.41) is 0. The molecule has 0 saturated carbocycles. The number of ether oxygens (including phenoxy) is 2. The van der Waals surface area contributed by atoms with Gasteiger partial charge < -0.3 is 9.47 Å². The minimum Gasteiger partial charge on any atom is -0.355 e. The molecule has 6 heteroatoms. The standard InChI is InChI=1S/C13H19NO4S/c1-17-13(18-2)9-14-19(15,16)12-7-6-10-4-3-5-11(10)8-12/h6-8,13-14H,3-5,9H2,1-2H3. The third-order valence-electron chi connectivity index (χ3n) is 3.35. The third-order valence-corrected chi connectivity index (χ3v) is 4.77. The Morgan fingerprint density at radius 2 is 1.89 bits per heavy atom. The fourth-order valence-corrected chi connectivity index (χ4v) is 3.31. The number of sulfonamides is 1. The van der Waals surface area contributed by atoms with Gasteiger partial charge in [-0.15, -0.1) is 0 Å². The molecule has 0 bridgehead atoms. The second kappa shape index (κ2) is 6.00. The highest BCUT2D eigenvalue weighted by Crippen LogP contribution is 2.24. The number of hydrogen-bond acceptors (Lipinski definition) is 4. The summed E-state index contributed by atoms with van der Waals surface area (Å²) in [6, 6.07) is 5.32. The fourth-order valence-electron chi connectivity index (χ4n) is 2.24. The summed E-state index contributed by atoms with van der Waals surface area (Å²) in [5.74, 6) is 0. The Balaban J connectivity index is 2.11. The average Bonchev–Trinajstić information content (AvgIpc) is 2.87. The molecule has 19 heavy (non-hydrogen) atoms. The van der Waals surface area contributed by atoms with Gasteiger partial charge in [0.15, 0.2) is 6.29 Å². The Bertz CT molecular complexity index is 538. The molecular weight excluding hydrogens is 266 g/mol. The number of benzene rings is 1. The molecule has 0 spiro atoms. The van der Waals surface area contributed by atoms with Gasteiger partial charge in [-0.3, -0.25) is 0 Å². The predicted octanol–water partition coefficient (Wildman–Crippen LogP) is 1.07. The lowest BCUT2D eigenvalue weighted by Gasteiger charge is -2.14. The van der Waals surface area contributed by atoms with E-state index in [1.54, 1.807) is 12.1 Å². The molecule has 1 aliphatic rings. The molecule has 106 valence electrons. The van der Waals surface area contributed by atoms with E-state index in [1.165, 1.54) is 19.8 Å². The van der Waals surface area contributed by atoms with Gasteiger partial charge in [-0.25, -0.2) is 13.1 Å². The molecule has 1 aliphatic carbocycles. The Hall–Kier alpha value is -0.950. The zero-order valence-corrected chi connectivity index (χ0v) is 12.0. The van der Waals surface area contributed by atoms with E-state index in [4.69, 9.17) is 9.47 Å². The fraction of sp³-hybridized carbons (Fsp3) is 0.538. The van der Waals surface area contributed by atoms with Gasteiger partial charge in [0.1, 0.15) is 0 Å². The van der Waals surface area contributed by atoms with Crippen LogP contribution in [0.1, 0.15) is 17.5 Å². The average molecular weight is 285 g/mol. The van der Waals surface area contributed by atoms with E-state index in [1.807, 2.05) is 6.07 Å². The van der Waals surface area contributed by atoms with Crippen LogP contribution >= 0.6 is 0 Å². The molecule has 0 aliphatic heterocycles. The Kier molecular flexibility index (Phi) is 4.57. The summed E-state index contributed by atoms with van der Waals surface area (Å²) >= 11 is 0. The zero-order chi connectivity index (χ0) is 13.9. The molecule has 1 N–H and O–H groups in total.